The average molecular weight is 2070 g/mol. The first-order chi connectivity index (χ1) is 45.5. The van der Waals surface area contributed by atoms with Crippen LogP contribution in [0.1, 0.15) is 19.0 Å². The Morgan fingerprint density at radius 1 is 0.448 bits per heavy atom. The van der Waals surface area contributed by atoms with Gasteiger partial charge in [-0.3, -0.25) is 52.5 Å². The van der Waals surface area contributed by atoms with Gasteiger partial charge in [-0.15, -0.1) is 5.10 Å². The molecule has 2 saturated heterocycles. The number of aryl methyl sites for hydroxylation is 1. The van der Waals surface area contributed by atoms with E-state index in [1.807, 2.05) is 0 Å². The van der Waals surface area contributed by atoms with Gasteiger partial charge in [-0.1, -0.05) is 23.4 Å². The zero-order valence-electron chi connectivity index (χ0n) is 61.8. The van der Waals surface area contributed by atoms with Crippen molar-refractivity contribution in [1.82, 2.24) is 19.3 Å². The van der Waals surface area contributed by atoms with Crippen LogP contribution < -0.4 is 384 Å². The zero-order chi connectivity index (χ0) is 80.9. The van der Waals surface area contributed by atoms with Crippen LogP contribution in [0.5, 0.6) is 0 Å². The Kier molecular flexibility index (Phi) is 87.3. The third-order valence-electron chi connectivity index (χ3n) is 10.9. The first-order valence-corrected chi connectivity index (χ1v) is 41.7. The van der Waals surface area contributed by atoms with E-state index in [-0.39, 0.29) is 409 Å². The fourth-order valence-corrected chi connectivity index (χ4v) is 12.5. The molecule has 1 aromatic rings. The molecule has 2 aliphatic carbocycles. The summed E-state index contributed by atoms with van der Waals surface area (Å²) in [4.78, 5) is 0. The van der Waals surface area contributed by atoms with Gasteiger partial charge in [-0.25, -0.2) is 127 Å². The summed E-state index contributed by atoms with van der Waals surface area (Å²) in [7, 11) is -72.8. The second-order valence-corrected chi connectivity index (χ2v) is 31.4. The van der Waals surface area contributed by atoms with Gasteiger partial charge in [0.1, 0.15) is 11.8 Å². The monoisotopic (exact) mass is 2070 g/mol. The van der Waals surface area contributed by atoms with Crippen LogP contribution in [-0.4, -0.2) is 312 Å². The van der Waals surface area contributed by atoms with Gasteiger partial charge >= 0.3 is 384 Å². The number of hydrogen-bond donors (Lipinski definition) is 4. The molecule has 15 atom stereocenters. The van der Waals surface area contributed by atoms with E-state index in [9.17, 15) is 117 Å². The van der Waals surface area contributed by atoms with Crippen LogP contribution in [0, 0.1) is 31.6 Å². The largest absolute Gasteiger partial charge is 1.00 e. The van der Waals surface area contributed by atoms with Crippen LogP contribution in [-0.2, 0) is 206 Å². The van der Waals surface area contributed by atoms with Gasteiger partial charge < -0.3 is 99.6 Å². The van der Waals surface area contributed by atoms with E-state index in [4.69, 9.17) is 93.8 Å². The van der Waals surface area contributed by atoms with E-state index < -0.39 is 269 Å². The summed E-state index contributed by atoms with van der Waals surface area (Å²) in [5.74, 6) is -1.73. The molecule has 0 radical (unpaired) electrons. The Morgan fingerprint density at radius 3 is 1.16 bits per heavy atom. The maximum absolute atomic E-state index is 13.2. The predicted molar refractivity (Wildman–Crippen MR) is 284 cm³/mol. The van der Waals surface area contributed by atoms with Crippen molar-refractivity contribution in [2.24, 2.45) is 13.0 Å². The molecule has 2 aliphatic heterocycles. The number of aromatic nitrogens is 3. The molecule has 60 nitrogen and oxygen atoms in total. The molecule has 5 rings (SSSR count). The Bertz CT molecular complexity index is 4490. The van der Waals surface area contributed by atoms with Crippen molar-refractivity contribution in [3.8, 4) is 0 Å². The molecular weight excluding hydrogens is 2030 g/mol. The molecule has 4 N–H and O–H groups in total. The Balaban J connectivity index is -0.000000260. The predicted octanol–water partition coefficient (Wildman–Crippen LogP) is -52.1. The van der Waals surface area contributed by atoms with Gasteiger partial charge in [0.05, 0.1) is 57.0 Å². The van der Waals surface area contributed by atoms with Crippen LogP contribution >= 0.6 is 0 Å². The third-order valence-corrected chi connectivity index (χ3v) is 15.4. The minimum absolute atomic E-state index is 0. The van der Waals surface area contributed by atoms with Crippen molar-refractivity contribution in [2.75, 3.05) is 19.8 Å². The third kappa shape index (κ3) is 80.1. The molecule has 1 aromatic heterocycles. The topological polar surface area (TPSA) is 978 Å². The molecule has 0 amide bonds. The number of hydrogen-bond acceptors (Lipinski definition) is 54. The standard InChI is InChI=1S/C30H46N4O40S9.13Na.4H2O4S/c1-14-27(34(75(35,36)37)18-3-15(10-63-76(38,39)40)29(74-83(59,60)61)21(5-18)71-80(50,51)52)20(70-79(47,48)49)7-25(66-14)69-30-23(73-82(56,57)58)8-26(67-24(30)13-65-78(44,45)46)68-28-16(11-64-77(41,42)43)4-19(6-22(28)72-81(53,54)55)62-12-17-9-33(2)32-31-17;;;;;;;;;;;;;;4*1-5(2,3)4/h3,5-9,14,16,18-30H,4,10-13H2,1-2H3,(H,35,36,37)(H,38,39,40)(H,41,42,43)(H,44,45,46)(H,47,48,49)(H,50,51,52)(H,53,54,55)(H,56,57,58)(H,59,60,61);;;;;;;;;;;;;;4*(H2,1,2,3,4)/q-4;13*+1;;;;/p-13/t14-,16-,18+,19-,20-,21-,22-,23-,24-,25-,26-,27-,28-,29?,30+;;;;;;;;;;;;;;;;;/m1................./s1. The number of nitrogens with zero attached hydrogens (tertiary/aromatic N) is 4. The van der Waals surface area contributed by atoms with Crippen LogP contribution in [0.2, 0.25) is 0 Å². The summed E-state index contributed by atoms with van der Waals surface area (Å²) < 4.78 is 517. The summed E-state index contributed by atoms with van der Waals surface area (Å²) in [5, 5.41) is 7.40. The van der Waals surface area contributed by atoms with E-state index in [2.05, 4.69) is 43.8 Å². The molecule has 116 heavy (non-hydrogen) atoms. The van der Waals surface area contributed by atoms with Crippen molar-refractivity contribution in [3.05, 3.63) is 49.2 Å². The smallest absolute Gasteiger partial charge is 0.735 e. The average Bonchev–Trinajstić information content (AvgIpc) is 0.784. The molecule has 612 valence electrons. The molecule has 3 fully saturated rings. The van der Waals surface area contributed by atoms with Gasteiger partial charge in [-0.2, -0.15) is 0 Å². The van der Waals surface area contributed by atoms with E-state index in [1.165, 1.54) is 17.9 Å². The van der Waals surface area contributed by atoms with E-state index >= 15 is 0 Å². The van der Waals surface area contributed by atoms with E-state index in [0.29, 0.717) is 13.3 Å². The molecule has 1 unspecified atom stereocenters. The van der Waals surface area contributed by atoms with Gasteiger partial charge in [0.2, 0.25) is 125 Å². The van der Waals surface area contributed by atoms with Crippen molar-refractivity contribution < 1.29 is 628 Å². The van der Waals surface area contributed by atoms with Crippen LogP contribution in [0.3, 0.4) is 0 Å². The zero-order valence-corrected chi connectivity index (χ0v) is 98.4. The summed E-state index contributed by atoms with van der Waals surface area (Å²) in [6, 6.07) is -5.48. The van der Waals surface area contributed by atoms with Crippen molar-refractivity contribution in [2.45, 2.75) is 106 Å². The minimum Gasteiger partial charge on any atom is -0.735 e. The second kappa shape index (κ2) is 65.7. The first kappa shape index (κ1) is 154. The van der Waals surface area contributed by atoms with Crippen LogP contribution in [0.25, 0.3) is 0 Å². The normalized spacial score (nSPS) is 24.5. The summed E-state index contributed by atoms with van der Waals surface area (Å²) in [6.45, 7) is -4.68. The quantitative estimate of drug-likeness (QED) is 0.0190. The molecule has 86 heteroatoms. The Labute approximate surface area is 951 Å². The van der Waals surface area contributed by atoms with Crippen molar-refractivity contribution in [1.29, 1.82) is 0 Å². The molecular formula is C30H41N4Na13O56S13-4. The minimum atomic E-state index is -6.47. The van der Waals surface area contributed by atoms with Gasteiger partial charge in [0.15, 0.2) is 10.3 Å². The molecule has 3 heterocycles. The van der Waals surface area contributed by atoms with Crippen molar-refractivity contribution in [3.63, 3.8) is 0 Å². The SMILES string of the molecule is C[C@H]1O[C@H](O[C@H]2[C@H](OS(=O)(=O)[O-])[CH-][C@@H](O[C@@H]3[C@@H](COS(=O)(=O)[O-])C[C@@H](OCc4cn(C)nn4)[CH-][C@H]3OS(=O)(=O)[O-])O[C@@H]2COS(=O)(=O)[O-])[CH-][C@@H](OS(=O)(=O)[O-])[C@@H]1N([C@H]1C=C(COS(=O)(=O)[O-])C(OS(=O)(=O)[O-])[C@H](OS(=O)(=O)[O-])[CH-]1)S(=O)(=O)[O-].O=S(=O)([O-])O.O=S(=O)([O-])O.O=S(=O)([O-])O.O=S(=O)([O-])O.[Na+].[Na+].[Na+].[Na+].[Na+].[Na+].[Na+].[Na+].[Na+].[Na+].[Na+].[Na+].[Na+]. The maximum Gasteiger partial charge on any atom is 1.00 e. The van der Waals surface area contributed by atoms with Gasteiger partial charge in [0.25, 0.3) is 0 Å². The van der Waals surface area contributed by atoms with Crippen molar-refractivity contribution >= 4 is 135 Å². The molecule has 4 aliphatic rings. The number of rotatable bonds is 29. The Morgan fingerprint density at radius 2 is 0.793 bits per heavy atom. The summed E-state index contributed by atoms with van der Waals surface area (Å²) in [6.07, 6.45) is -27.7. The first-order valence-electron chi connectivity index (χ1n) is 24.2. The fraction of sp³-hybridized carbons (Fsp3) is 0.733. The number of ether oxygens (including phenoxy) is 5. The maximum atomic E-state index is 13.2. The van der Waals surface area contributed by atoms with E-state index in [1.54, 1.807) is 0 Å². The fourth-order valence-electron chi connectivity index (χ4n) is 8.24. The summed E-state index contributed by atoms with van der Waals surface area (Å²) >= 11 is 0. The summed E-state index contributed by atoms with van der Waals surface area (Å²) in [5.41, 5.74) is -1.21. The molecule has 0 bridgehead atoms. The van der Waals surface area contributed by atoms with Crippen LogP contribution in [0.15, 0.2) is 17.8 Å². The Hall–Kier alpha value is 9.99. The molecule has 1 saturated carbocycles. The van der Waals surface area contributed by atoms with Gasteiger partial charge in [-0.05, 0) is 43.3 Å². The van der Waals surface area contributed by atoms with E-state index in [0.717, 1.165) is 6.42 Å². The second-order valence-electron chi connectivity index (χ2n) is 18.5. The van der Waals surface area contributed by atoms with Gasteiger partial charge in [0, 0.05) is 31.6 Å². The van der Waals surface area contributed by atoms with Crippen LogP contribution in [0.4, 0.5) is 0 Å². The molecule has 0 spiro atoms. The molecule has 0 aromatic carbocycles.